The van der Waals surface area contributed by atoms with Crippen LogP contribution in [0.2, 0.25) is 0 Å². The van der Waals surface area contributed by atoms with Gasteiger partial charge in [-0.1, -0.05) is 0 Å². The Balaban J connectivity index is 3.02. The lowest BCUT2D eigenvalue weighted by Crippen LogP contribution is -1.96. The van der Waals surface area contributed by atoms with Crippen LogP contribution in [-0.2, 0) is 6.61 Å². The van der Waals surface area contributed by atoms with Crippen LogP contribution in [0.4, 0.5) is 0 Å². The molecule has 4 heteroatoms. The van der Waals surface area contributed by atoms with Crippen LogP contribution < -0.4 is 9.47 Å². The largest absolute Gasteiger partial charge is 0.491 e. The molecule has 0 aromatic carbocycles. The predicted octanol–water partition coefficient (Wildman–Crippen LogP) is 0.591. The molecule has 0 radical (unpaired) electrons. The van der Waals surface area contributed by atoms with Gasteiger partial charge in [0.25, 0.3) is 5.88 Å². The van der Waals surface area contributed by atoms with Crippen molar-refractivity contribution in [3.8, 4) is 11.6 Å². The standard InChI is InChI=1S/C8H11NO3/c1-11-7-4-3-6(5-10)9-8(7)12-2/h3-4,10H,5H2,1-2H3. The van der Waals surface area contributed by atoms with Gasteiger partial charge in [-0.05, 0) is 12.1 Å². The Morgan fingerprint density at radius 3 is 2.58 bits per heavy atom. The second kappa shape index (κ2) is 3.92. The Labute approximate surface area is 70.8 Å². The van der Waals surface area contributed by atoms with Gasteiger partial charge in [-0.25, -0.2) is 4.98 Å². The molecule has 0 aliphatic heterocycles. The van der Waals surface area contributed by atoms with E-state index in [1.165, 1.54) is 14.2 Å². The summed E-state index contributed by atoms with van der Waals surface area (Å²) in [5.41, 5.74) is 0.563. The van der Waals surface area contributed by atoms with E-state index in [0.29, 0.717) is 17.3 Å². The molecule has 12 heavy (non-hydrogen) atoms. The van der Waals surface area contributed by atoms with Gasteiger partial charge in [0.15, 0.2) is 5.75 Å². The molecule has 0 aliphatic rings. The number of aliphatic hydroxyl groups excluding tert-OH is 1. The fourth-order valence-corrected chi connectivity index (χ4v) is 0.856. The molecule has 1 aromatic heterocycles. The van der Waals surface area contributed by atoms with Gasteiger partial charge < -0.3 is 14.6 Å². The molecule has 66 valence electrons. The van der Waals surface area contributed by atoms with Crippen LogP contribution in [0.3, 0.4) is 0 Å². The van der Waals surface area contributed by atoms with E-state index in [2.05, 4.69) is 4.98 Å². The van der Waals surface area contributed by atoms with Gasteiger partial charge in [0.05, 0.1) is 26.5 Å². The lowest BCUT2D eigenvalue weighted by atomic mass is 10.3. The van der Waals surface area contributed by atoms with E-state index in [1.807, 2.05) is 0 Å². The van der Waals surface area contributed by atoms with Gasteiger partial charge in [0.1, 0.15) is 0 Å². The van der Waals surface area contributed by atoms with E-state index in [-0.39, 0.29) is 6.61 Å². The molecular formula is C8H11NO3. The van der Waals surface area contributed by atoms with Gasteiger partial charge >= 0.3 is 0 Å². The van der Waals surface area contributed by atoms with Crippen LogP contribution in [-0.4, -0.2) is 24.3 Å². The summed E-state index contributed by atoms with van der Waals surface area (Å²) < 4.78 is 9.90. The number of rotatable bonds is 3. The fourth-order valence-electron chi connectivity index (χ4n) is 0.856. The quantitative estimate of drug-likeness (QED) is 0.719. The smallest absolute Gasteiger partial charge is 0.257 e. The summed E-state index contributed by atoms with van der Waals surface area (Å²) in [5, 5.41) is 8.76. The van der Waals surface area contributed by atoms with E-state index in [0.717, 1.165) is 0 Å². The second-order valence-corrected chi connectivity index (χ2v) is 2.17. The zero-order valence-electron chi connectivity index (χ0n) is 7.07. The van der Waals surface area contributed by atoms with Gasteiger partial charge in [0, 0.05) is 0 Å². The number of pyridine rings is 1. The maximum Gasteiger partial charge on any atom is 0.257 e. The second-order valence-electron chi connectivity index (χ2n) is 2.17. The zero-order chi connectivity index (χ0) is 8.97. The number of hydrogen-bond acceptors (Lipinski definition) is 4. The lowest BCUT2D eigenvalue weighted by molar-refractivity contribution is 0.272. The number of aromatic nitrogens is 1. The van der Waals surface area contributed by atoms with Crippen molar-refractivity contribution in [1.82, 2.24) is 4.98 Å². The fraction of sp³-hybridized carbons (Fsp3) is 0.375. The monoisotopic (exact) mass is 169 g/mol. The number of nitrogens with zero attached hydrogens (tertiary/aromatic N) is 1. The number of hydrogen-bond donors (Lipinski definition) is 1. The summed E-state index contributed by atoms with van der Waals surface area (Å²) in [6.45, 7) is -0.0969. The Kier molecular flexibility index (Phi) is 2.88. The van der Waals surface area contributed by atoms with Crippen LogP contribution in [0.15, 0.2) is 12.1 Å². The zero-order valence-corrected chi connectivity index (χ0v) is 7.07. The van der Waals surface area contributed by atoms with Crippen LogP contribution in [0, 0.1) is 0 Å². The highest BCUT2D eigenvalue weighted by molar-refractivity contribution is 5.34. The van der Waals surface area contributed by atoms with Crippen molar-refractivity contribution in [2.45, 2.75) is 6.61 Å². The van der Waals surface area contributed by atoms with Crippen LogP contribution in [0.25, 0.3) is 0 Å². The van der Waals surface area contributed by atoms with Crippen molar-refractivity contribution in [2.24, 2.45) is 0 Å². The van der Waals surface area contributed by atoms with Crippen LogP contribution in [0.5, 0.6) is 11.6 Å². The maximum atomic E-state index is 8.76. The van der Waals surface area contributed by atoms with Crippen molar-refractivity contribution >= 4 is 0 Å². The highest BCUT2D eigenvalue weighted by Gasteiger charge is 2.04. The minimum Gasteiger partial charge on any atom is -0.491 e. The molecule has 4 nitrogen and oxygen atoms in total. The minimum atomic E-state index is -0.0969. The third-order valence-corrected chi connectivity index (χ3v) is 1.46. The first-order valence-corrected chi connectivity index (χ1v) is 3.50. The molecule has 0 amide bonds. The molecule has 0 bridgehead atoms. The van der Waals surface area contributed by atoms with Crippen molar-refractivity contribution in [3.05, 3.63) is 17.8 Å². The van der Waals surface area contributed by atoms with Crippen molar-refractivity contribution in [1.29, 1.82) is 0 Å². The van der Waals surface area contributed by atoms with Crippen LogP contribution >= 0.6 is 0 Å². The van der Waals surface area contributed by atoms with E-state index in [1.54, 1.807) is 12.1 Å². The number of ether oxygens (including phenoxy) is 2. The van der Waals surface area contributed by atoms with E-state index >= 15 is 0 Å². The summed E-state index contributed by atoms with van der Waals surface area (Å²) in [5.74, 6) is 0.957. The Morgan fingerprint density at radius 1 is 1.33 bits per heavy atom. The molecule has 0 saturated carbocycles. The lowest BCUT2D eigenvalue weighted by Gasteiger charge is -2.06. The molecule has 1 aromatic rings. The molecular weight excluding hydrogens is 158 g/mol. The maximum absolute atomic E-state index is 8.76. The highest BCUT2D eigenvalue weighted by atomic mass is 16.5. The normalized spacial score (nSPS) is 9.58. The first kappa shape index (κ1) is 8.80. The Hall–Kier alpha value is -1.29. The number of aliphatic hydroxyl groups is 1. The van der Waals surface area contributed by atoms with E-state index < -0.39 is 0 Å². The Morgan fingerprint density at radius 2 is 2.08 bits per heavy atom. The molecule has 0 saturated heterocycles. The molecule has 1 heterocycles. The number of methoxy groups -OCH3 is 2. The van der Waals surface area contributed by atoms with Gasteiger partial charge in [-0.3, -0.25) is 0 Å². The van der Waals surface area contributed by atoms with Crippen LogP contribution in [0.1, 0.15) is 5.69 Å². The summed E-state index contributed by atoms with van der Waals surface area (Å²) in [6, 6.07) is 3.39. The molecule has 1 rings (SSSR count). The van der Waals surface area contributed by atoms with Gasteiger partial charge in [-0.15, -0.1) is 0 Å². The molecule has 0 fully saturated rings. The summed E-state index contributed by atoms with van der Waals surface area (Å²) in [7, 11) is 3.05. The summed E-state index contributed by atoms with van der Waals surface area (Å²) in [4.78, 5) is 3.98. The van der Waals surface area contributed by atoms with Crippen molar-refractivity contribution in [2.75, 3.05) is 14.2 Å². The first-order chi connectivity index (χ1) is 5.81. The summed E-state index contributed by atoms with van der Waals surface area (Å²) in [6.07, 6.45) is 0. The first-order valence-electron chi connectivity index (χ1n) is 3.50. The average Bonchev–Trinajstić information content (AvgIpc) is 2.16. The van der Waals surface area contributed by atoms with E-state index in [4.69, 9.17) is 14.6 Å². The predicted molar refractivity (Wildman–Crippen MR) is 43.3 cm³/mol. The van der Waals surface area contributed by atoms with Crippen molar-refractivity contribution in [3.63, 3.8) is 0 Å². The highest BCUT2D eigenvalue weighted by Crippen LogP contribution is 2.23. The molecule has 0 spiro atoms. The van der Waals surface area contributed by atoms with Gasteiger partial charge in [-0.2, -0.15) is 0 Å². The average molecular weight is 169 g/mol. The Bertz CT molecular complexity index is 262. The van der Waals surface area contributed by atoms with Gasteiger partial charge in [0.2, 0.25) is 0 Å². The molecule has 0 aliphatic carbocycles. The summed E-state index contributed by atoms with van der Waals surface area (Å²) >= 11 is 0. The molecule has 0 unspecified atom stereocenters. The molecule has 1 N–H and O–H groups in total. The SMILES string of the molecule is COc1ccc(CO)nc1OC. The molecule has 0 atom stereocenters. The third-order valence-electron chi connectivity index (χ3n) is 1.46. The topological polar surface area (TPSA) is 51.6 Å². The third kappa shape index (κ3) is 1.65. The van der Waals surface area contributed by atoms with Crippen molar-refractivity contribution < 1.29 is 14.6 Å². The van der Waals surface area contributed by atoms with E-state index in [9.17, 15) is 0 Å². The minimum absolute atomic E-state index is 0.0969.